The van der Waals surface area contributed by atoms with Gasteiger partial charge in [-0.1, -0.05) is 19.1 Å². The first-order chi connectivity index (χ1) is 8.91. The second-order valence-corrected chi connectivity index (χ2v) is 5.27. The van der Waals surface area contributed by atoms with Crippen LogP contribution in [0.3, 0.4) is 0 Å². The third kappa shape index (κ3) is 4.24. The lowest BCUT2D eigenvalue weighted by atomic mass is 9.92. The van der Waals surface area contributed by atoms with Gasteiger partial charge in [0.15, 0.2) is 0 Å². The molecule has 0 aliphatic rings. The summed E-state index contributed by atoms with van der Waals surface area (Å²) < 4.78 is 0. The first-order valence-electron chi connectivity index (χ1n) is 6.70. The number of carbonyl (C=O) groups excluding carboxylic acids is 1. The van der Waals surface area contributed by atoms with Crippen LogP contribution in [0.5, 0.6) is 0 Å². The zero-order valence-electron chi connectivity index (χ0n) is 11.9. The van der Waals surface area contributed by atoms with Gasteiger partial charge in [-0.15, -0.1) is 0 Å². The van der Waals surface area contributed by atoms with E-state index >= 15 is 0 Å². The number of hydrogen-bond donors (Lipinski definition) is 3. The van der Waals surface area contributed by atoms with E-state index in [4.69, 9.17) is 10.8 Å². The maximum absolute atomic E-state index is 12.3. The van der Waals surface area contributed by atoms with Gasteiger partial charge in [-0.3, -0.25) is 4.79 Å². The SMILES string of the molecule is CCC(C)(CCO)NC(=O)C(C)c1cccc(N)c1. The minimum absolute atomic E-state index is 0.0385. The van der Waals surface area contributed by atoms with Gasteiger partial charge in [-0.2, -0.15) is 0 Å². The van der Waals surface area contributed by atoms with Crippen molar-refractivity contribution >= 4 is 11.6 Å². The molecule has 1 aromatic rings. The van der Waals surface area contributed by atoms with Crippen molar-refractivity contribution in [3.63, 3.8) is 0 Å². The van der Waals surface area contributed by atoms with Crippen LogP contribution in [0.15, 0.2) is 24.3 Å². The molecule has 0 fully saturated rings. The molecule has 2 unspecified atom stereocenters. The number of hydrogen-bond acceptors (Lipinski definition) is 3. The fourth-order valence-electron chi connectivity index (χ4n) is 1.96. The van der Waals surface area contributed by atoms with E-state index in [1.54, 1.807) is 6.07 Å². The molecule has 0 bridgehead atoms. The molecule has 2 atom stereocenters. The van der Waals surface area contributed by atoms with E-state index in [-0.39, 0.29) is 24.0 Å². The molecule has 4 nitrogen and oxygen atoms in total. The zero-order chi connectivity index (χ0) is 14.5. The lowest BCUT2D eigenvalue weighted by Crippen LogP contribution is -2.47. The van der Waals surface area contributed by atoms with Crippen LogP contribution < -0.4 is 11.1 Å². The molecule has 0 aliphatic carbocycles. The number of nitrogens with two attached hydrogens (primary N) is 1. The van der Waals surface area contributed by atoms with Crippen LogP contribution >= 0.6 is 0 Å². The van der Waals surface area contributed by atoms with E-state index in [0.29, 0.717) is 12.1 Å². The zero-order valence-corrected chi connectivity index (χ0v) is 11.9. The van der Waals surface area contributed by atoms with Crippen LogP contribution in [0.25, 0.3) is 0 Å². The second-order valence-electron chi connectivity index (χ2n) is 5.27. The fraction of sp³-hybridized carbons (Fsp3) is 0.533. The molecule has 1 amide bonds. The smallest absolute Gasteiger partial charge is 0.227 e. The molecule has 106 valence electrons. The van der Waals surface area contributed by atoms with Gasteiger partial charge in [0.2, 0.25) is 5.91 Å². The molecule has 1 aromatic carbocycles. The summed E-state index contributed by atoms with van der Waals surface area (Å²) in [6, 6.07) is 7.37. The summed E-state index contributed by atoms with van der Waals surface area (Å²) >= 11 is 0. The number of aliphatic hydroxyl groups excluding tert-OH is 1. The number of nitrogens with one attached hydrogen (secondary N) is 1. The number of nitrogen functional groups attached to an aromatic ring is 1. The first kappa shape index (κ1) is 15.5. The van der Waals surface area contributed by atoms with Crippen molar-refractivity contribution in [3.05, 3.63) is 29.8 Å². The summed E-state index contributed by atoms with van der Waals surface area (Å²) in [6.45, 7) is 5.88. The lowest BCUT2D eigenvalue weighted by molar-refractivity contribution is -0.124. The normalized spacial score (nSPS) is 15.6. The Balaban J connectivity index is 2.77. The van der Waals surface area contributed by atoms with Gasteiger partial charge in [0.25, 0.3) is 0 Å². The van der Waals surface area contributed by atoms with Crippen LogP contribution in [0.4, 0.5) is 5.69 Å². The van der Waals surface area contributed by atoms with Crippen molar-refractivity contribution in [3.8, 4) is 0 Å². The van der Waals surface area contributed by atoms with Gasteiger partial charge in [0.1, 0.15) is 0 Å². The third-order valence-electron chi connectivity index (χ3n) is 3.67. The Bertz CT molecular complexity index is 434. The number of rotatable bonds is 6. The van der Waals surface area contributed by atoms with Crippen molar-refractivity contribution in [2.45, 2.75) is 45.1 Å². The van der Waals surface area contributed by atoms with Crippen molar-refractivity contribution in [1.82, 2.24) is 5.32 Å². The van der Waals surface area contributed by atoms with Gasteiger partial charge < -0.3 is 16.2 Å². The van der Waals surface area contributed by atoms with Gasteiger partial charge >= 0.3 is 0 Å². The van der Waals surface area contributed by atoms with Gasteiger partial charge in [0.05, 0.1) is 5.92 Å². The minimum Gasteiger partial charge on any atom is -0.399 e. The molecule has 0 heterocycles. The number of aliphatic hydroxyl groups is 1. The molecule has 0 saturated heterocycles. The molecule has 0 aromatic heterocycles. The Morgan fingerprint density at radius 2 is 2.21 bits per heavy atom. The third-order valence-corrected chi connectivity index (χ3v) is 3.67. The molecule has 19 heavy (non-hydrogen) atoms. The quantitative estimate of drug-likeness (QED) is 0.688. The molecule has 4 heteroatoms. The lowest BCUT2D eigenvalue weighted by Gasteiger charge is -2.30. The Morgan fingerprint density at radius 3 is 2.74 bits per heavy atom. The summed E-state index contributed by atoms with van der Waals surface area (Å²) in [5, 5.41) is 12.1. The van der Waals surface area contributed by atoms with Gasteiger partial charge in [0, 0.05) is 17.8 Å². The topological polar surface area (TPSA) is 75.3 Å². The van der Waals surface area contributed by atoms with Crippen LogP contribution in [-0.2, 0) is 4.79 Å². The molecule has 1 rings (SSSR count). The fourth-order valence-corrected chi connectivity index (χ4v) is 1.96. The predicted octanol–water partition coefficient (Wildman–Crippen LogP) is 2.04. The highest BCUT2D eigenvalue weighted by Gasteiger charge is 2.26. The molecular weight excluding hydrogens is 240 g/mol. The van der Waals surface area contributed by atoms with Gasteiger partial charge in [-0.05, 0) is 44.4 Å². The summed E-state index contributed by atoms with van der Waals surface area (Å²) in [6.07, 6.45) is 1.34. The van der Waals surface area contributed by atoms with E-state index in [1.807, 2.05) is 39.0 Å². The Hall–Kier alpha value is -1.55. The van der Waals surface area contributed by atoms with Crippen LogP contribution in [0.1, 0.15) is 45.1 Å². The van der Waals surface area contributed by atoms with E-state index in [9.17, 15) is 4.79 Å². The maximum atomic E-state index is 12.3. The largest absolute Gasteiger partial charge is 0.399 e. The monoisotopic (exact) mass is 264 g/mol. The van der Waals surface area contributed by atoms with Crippen LogP contribution in [-0.4, -0.2) is 23.2 Å². The average molecular weight is 264 g/mol. The molecule has 4 N–H and O–H groups in total. The number of carbonyl (C=O) groups is 1. The second kappa shape index (κ2) is 6.57. The van der Waals surface area contributed by atoms with E-state index in [0.717, 1.165) is 12.0 Å². The maximum Gasteiger partial charge on any atom is 0.227 e. The van der Waals surface area contributed by atoms with Crippen LogP contribution in [0.2, 0.25) is 0 Å². The Labute approximate surface area is 115 Å². The van der Waals surface area contributed by atoms with Gasteiger partial charge in [-0.25, -0.2) is 0 Å². The summed E-state index contributed by atoms with van der Waals surface area (Å²) in [4.78, 5) is 12.3. The van der Waals surface area contributed by atoms with Crippen molar-refractivity contribution in [2.24, 2.45) is 0 Å². The highest BCUT2D eigenvalue weighted by atomic mass is 16.3. The predicted molar refractivity (Wildman–Crippen MR) is 77.8 cm³/mol. The Kier molecular flexibility index (Phi) is 5.36. The minimum atomic E-state index is -0.361. The summed E-state index contributed by atoms with van der Waals surface area (Å²) in [5.74, 6) is -0.295. The highest BCUT2D eigenvalue weighted by molar-refractivity contribution is 5.84. The van der Waals surface area contributed by atoms with Crippen molar-refractivity contribution in [1.29, 1.82) is 0 Å². The first-order valence-corrected chi connectivity index (χ1v) is 6.70. The van der Waals surface area contributed by atoms with E-state index in [2.05, 4.69) is 5.32 Å². The number of anilines is 1. The number of amides is 1. The molecule has 0 saturated carbocycles. The Morgan fingerprint density at radius 1 is 1.53 bits per heavy atom. The molecule has 0 radical (unpaired) electrons. The average Bonchev–Trinajstić information content (AvgIpc) is 2.38. The molecular formula is C15H24N2O2. The standard InChI is InChI=1S/C15H24N2O2/c1-4-15(3,8-9-18)17-14(19)11(2)12-6-5-7-13(16)10-12/h5-7,10-11,18H,4,8-9,16H2,1-3H3,(H,17,19). The summed E-state index contributed by atoms with van der Waals surface area (Å²) in [5.41, 5.74) is 6.93. The van der Waals surface area contributed by atoms with Crippen molar-refractivity contribution in [2.75, 3.05) is 12.3 Å². The van der Waals surface area contributed by atoms with Crippen molar-refractivity contribution < 1.29 is 9.90 Å². The molecule has 0 spiro atoms. The van der Waals surface area contributed by atoms with E-state index in [1.165, 1.54) is 0 Å². The number of benzene rings is 1. The highest BCUT2D eigenvalue weighted by Crippen LogP contribution is 2.21. The van der Waals surface area contributed by atoms with E-state index < -0.39 is 0 Å². The molecule has 0 aliphatic heterocycles. The van der Waals surface area contributed by atoms with Crippen LogP contribution in [0, 0.1) is 0 Å². The summed E-state index contributed by atoms with van der Waals surface area (Å²) in [7, 11) is 0.